The summed E-state index contributed by atoms with van der Waals surface area (Å²) in [6.07, 6.45) is 3.21. The van der Waals surface area contributed by atoms with Crippen molar-refractivity contribution in [2.24, 2.45) is 0 Å². The molecule has 1 aliphatic rings. The first-order valence-corrected chi connectivity index (χ1v) is 9.41. The highest BCUT2D eigenvalue weighted by molar-refractivity contribution is 6.31. The van der Waals surface area contributed by atoms with Crippen molar-refractivity contribution >= 4 is 23.3 Å². The molecule has 2 aromatic heterocycles. The molecule has 0 aliphatic carbocycles. The zero-order valence-electron chi connectivity index (χ0n) is 16.9. The van der Waals surface area contributed by atoms with Crippen LogP contribution in [-0.4, -0.2) is 61.8 Å². The molecule has 2 N–H and O–H groups in total. The molecular weight excluding hydrogens is 380 g/mol. The number of nitrogens with one attached hydrogen (secondary N) is 1. The second-order valence-corrected chi connectivity index (χ2v) is 7.81. The normalized spacial score (nSPS) is 14.2. The summed E-state index contributed by atoms with van der Waals surface area (Å²) < 4.78 is 1.65. The van der Waals surface area contributed by atoms with Crippen molar-refractivity contribution in [3.63, 3.8) is 0 Å². The SMILES string of the molecule is CNC(C)(C)C.Cc1c(C2=CCN(C(=O)O)CC2)nnn1-c1cccnc1Cl. The summed E-state index contributed by atoms with van der Waals surface area (Å²) in [5.74, 6) is 0. The van der Waals surface area contributed by atoms with Crippen molar-refractivity contribution in [2.75, 3.05) is 20.1 Å². The van der Waals surface area contributed by atoms with Crippen LogP contribution in [0.3, 0.4) is 0 Å². The summed E-state index contributed by atoms with van der Waals surface area (Å²) in [5, 5.41) is 20.8. The zero-order chi connectivity index (χ0) is 20.9. The van der Waals surface area contributed by atoms with Crippen LogP contribution in [0.4, 0.5) is 4.79 Å². The molecule has 152 valence electrons. The van der Waals surface area contributed by atoms with E-state index in [1.165, 1.54) is 4.90 Å². The van der Waals surface area contributed by atoms with E-state index in [4.69, 9.17) is 16.7 Å². The topological polar surface area (TPSA) is 96.2 Å². The summed E-state index contributed by atoms with van der Waals surface area (Å²) in [7, 11) is 1.96. The molecule has 1 aliphatic heterocycles. The highest BCUT2D eigenvalue weighted by Gasteiger charge is 2.21. The van der Waals surface area contributed by atoms with E-state index < -0.39 is 6.09 Å². The minimum absolute atomic E-state index is 0.292. The summed E-state index contributed by atoms with van der Waals surface area (Å²) in [6.45, 7) is 9.13. The van der Waals surface area contributed by atoms with Gasteiger partial charge in [-0.3, -0.25) is 0 Å². The number of carbonyl (C=O) groups is 1. The summed E-state index contributed by atoms with van der Waals surface area (Å²) in [6, 6.07) is 3.61. The van der Waals surface area contributed by atoms with E-state index in [1.807, 2.05) is 26.1 Å². The van der Waals surface area contributed by atoms with Crippen LogP contribution in [0.2, 0.25) is 5.15 Å². The Balaban J connectivity index is 0.000000409. The molecule has 2 aromatic rings. The second-order valence-electron chi connectivity index (χ2n) is 7.46. The standard InChI is InChI=1S/C14H14ClN5O2.C5H13N/c1-9-12(10-4-7-19(8-5-10)14(21)22)17-18-20(9)11-3-2-6-16-13(11)15;1-5(2,3)6-4/h2-4,6H,5,7-8H2,1H3,(H,21,22);6H,1-4H3. The Morgan fingerprint density at radius 2 is 2.04 bits per heavy atom. The predicted octanol–water partition coefficient (Wildman–Crippen LogP) is 3.40. The molecule has 0 bridgehead atoms. The van der Waals surface area contributed by atoms with Crippen molar-refractivity contribution in [3.8, 4) is 5.69 Å². The van der Waals surface area contributed by atoms with Crippen LogP contribution in [0.5, 0.6) is 0 Å². The van der Waals surface area contributed by atoms with Crippen molar-refractivity contribution in [3.05, 3.63) is 40.9 Å². The quantitative estimate of drug-likeness (QED) is 0.742. The maximum atomic E-state index is 10.9. The van der Waals surface area contributed by atoms with Crippen molar-refractivity contribution in [1.82, 2.24) is 30.2 Å². The molecule has 0 saturated heterocycles. The molecule has 0 atom stereocenters. The number of halogens is 1. The van der Waals surface area contributed by atoms with Gasteiger partial charge in [0.15, 0.2) is 5.15 Å². The van der Waals surface area contributed by atoms with Gasteiger partial charge in [-0.15, -0.1) is 5.10 Å². The van der Waals surface area contributed by atoms with Gasteiger partial charge in [0.05, 0.1) is 5.69 Å². The third-order valence-electron chi connectivity index (χ3n) is 4.40. The molecule has 3 heterocycles. The van der Waals surface area contributed by atoms with Gasteiger partial charge in [-0.05, 0) is 58.9 Å². The van der Waals surface area contributed by atoms with E-state index >= 15 is 0 Å². The van der Waals surface area contributed by atoms with Gasteiger partial charge in [0, 0.05) is 24.8 Å². The number of nitrogens with zero attached hydrogens (tertiary/aromatic N) is 5. The summed E-state index contributed by atoms with van der Waals surface area (Å²) in [4.78, 5) is 16.3. The van der Waals surface area contributed by atoms with Crippen LogP contribution < -0.4 is 5.32 Å². The fraction of sp³-hybridized carbons (Fsp3) is 0.474. The van der Waals surface area contributed by atoms with E-state index in [-0.39, 0.29) is 0 Å². The van der Waals surface area contributed by atoms with E-state index in [2.05, 4.69) is 41.4 Å². The van der Waals surface area contributed by atoms with Crippen molar-refractivity contribution < 1.29 is 9.90 Å². The van der Waals surface area contributed by atoms with Crippen LogP contribution in [0.1, 0.15) is 38.6 Å². The largest absolute Gasteiger partial charge is 0.465 e. The summed E-state index contributed by atoms with van der Waals surface area (Å²) in [5.41, 5.74) is 3.58. The molecule has 28 heavy (non-hydrogen) atoms. The number of aromatic nitrogens is 4. The zero-order valence-corrected chi connectivity index (χ0v) is 17.7. The van der Waals surface area contributed by atoms with E-state index in [9.17, 15) is 4.79 Å². The number of amides is 1. The number of pyridine rings is 1. The fourth-order valence-corrected chi connectivity index (χ4v) is 2.65. The highest BCUT2D eigenvalue weighted by atomic mass is 35.5. The van der Waals surface area contributed by atoms with Gasteiger partial charge in [0.25, 0.3) is 0 Å². The van der Waals surface area contributed by atoms with Gasteiger partial charge in [-0.2, -0.15) is 0 Å². The third kappa shape index (κ3) is 5.53. The number of hydrogen-bond donors (Lipinski definition) is 2. The van der Waals surface area contributed by atoms with Gasteiger partial charge in [-0.25, -0.2) is 14.5 Å². The van der Waals surface area contributed by atoms with Crippen molar-refractivity contribution in [2.45, 2.75) is 39.7 Å². The average Bonchev–Trinajstić information content (AvgIpc) is 3.03. The van der Waals surface area contributed by atoms with Gasteiger partial charge >= 0.3 is 6.09 Å². The second kappa shape index (κ2) is 9.16. The first-order chi connectivity index (χ1) is 13.1. The molecule has 0 aromatic carbocycles. The van der Waals surface area contributed by atoms with Crippen LogP contribution in [0, 0.1) is 6.92 Å². The highest BCUT2D eigenvalue weighted by Crippen LogP contribution is 2.26. The molecule has 8 nitrogen and oxygen atoms in total. The molecule has 0 unspecified atom stereocenters. The fourth-order valence-electron chi connectivity index (χ4n) is 2.45. The lowest BCUT2D eigenvalue weighted by Gasteiger charge is -2.23. The first kappa shape index (κ1) is 21.8. The molecule has 0 fully saturated rings. The van der Waals surface area contributed by atoms with E-state index in [0.717, 1.165) is 17.0 Å². The Kier molecular flexibility index (Phi) is 7.15. The smallest absolute Gasteiger partial charge is 0.407 e. The van der Waals surface area contributed by atoms with Crippen LogP contribution in [0.25, 0.3) is 11.3 Å². The molecule has 0 radical (unpaired) electrons. The maximum absolute atomic E-state index is 10.9. The summed E-state index contributed by atoms with van der Waals surface area (Å²) >= 11 is 6.09. The van der Waals surface area contributed by atoms with E-state index in [0.29, 0.717) is 35.9 Å². The van der Waals surface area contributed by atoms with Gasteiger partial charge in [0.1, 0.15) is 11.4 Å². The van der Waals surface area contributed by atoms with Gasteiger partial charge in [-0.1, -0.05) is 22.9 Å². The number of carboxylic acid groups (broad SMARTS) is 1. The Bertz CT molecular complexity index is 856. The Morgan fingerprint density at radius 3 is 2.54 bits per heavy atom. The molecule has 0 saturated carbocycles. The Labute approximate surface area is 170 Å². The average molecular weight is 407 g/mol. The molecule has 3 rings (SSSR count). The lowest BCUT2D eigenvalue weighted by molar-refractivity contribution is 0.150. The maximum Gasteiger partial charge on any atom is 0.407 e. The van der Waals surface area contributed by atoms with Crippen molar-refractivity contribution in [1.29, 1.82) is 0 Å². The van der Waals surface area contributed by atoms with Crippen LogP contribution in [-0.2, 0) is 0 Å². The molecule has 0 spiro atoms. The van der Waals surface area contributed by atoms with E-state index in [1.54, 1.807) is 16.9 Å². The molecular formula is C19H27ClN6O2. The Morgan fingerprint density at radius 1 is 1.36 bits per heavy atom. The molecule has 1 amide bonds. The lowest BCUT2D eigenvalue weighted by Crippen LogP contribution is -2.33. The third-order valence-corrected chi connectivity index (χ3v) is 4.69. The Hall–Kier alpha value is -2.45. The number of hydrogen-bond acceptors (Lipinski definition) is 5. The van der Waals surface area contributed by atoms with Gasteiger partial charge in [0.2, 0.25) is 0 Å². The van der Waals surface area contributed by atoms with Crippen LogP contribution in [0.15, 0.2) is 24.4 Å². The predicted molar refractivity (Wildman–Crippen MR) is 110 cm³/mol. The minimum Gasteiger partial charge on any atom is -0.465 e. The lowest BCUT2D eigenvalue weighted by atomic mass is 10.0. The molecule has 9 heteroatoms. The van der Waals surface area contributed by atoms with Gasteiger partial charge < -0.3 is 15.3 Å². The first-order valence-electron chi connectivity index (χ1n) is 9.03. The van der Waals surface area contributed by atoms with Crippen LogP contribution >= 0.6 is 11.6 Å². The monoisotopic (exact) mass is 406 g/mol. The minimum atomic E-state index is -0.905. The number of rotatable bonds is 2.